The number of aliphatic hydroxyl groups is 1. The van der Waals surface area contributed by atoms with E-state index < -0.39 is 40.9 Å². The number of amides is 1. The molecule has 316 valence electrons. The summed E-state index contributed by atoms with van der Waals surface area (Å²) in [5.74, 6) is 1.37. The molecular weight excluding hydrogens is 712 g/mol. The van der Waals surface area contributed by atoms with Gasteiger partial charge in [-0.1, -0.05) is 34.6 Å². The van der Waals surface area contributed by atoms with E-state index in [1.54, 1.807) is 18.7 Å². The lowest BCUT2D eigenvalue weighted by molar-refractivity contribution is -0.248. The molecule has 0 aromatic heterocycles. The van der Waals surface area contributed by atoms with Gasteiger partial charge in [0.05, 0.1) is 24.4 Å². The maximum atomic E-state index is 15.1. The Morgan fingerprint density at radius 1 is 0.964 bits per heavy atom. The second kappa shape index (κ2) is 13.4. The van der Waals surface area contributed by atoms with Crippen LogP contribution in [0.15, 0.2) is 0 Å². The van der Waals surface area contributed by atoms with Crippen LogP contribution in [0.3, 0.4) is 0 Å². The van der Waals surface area contributed by atoms with Gasteiger partial charge in [-0.15, -0.1) is 0 Å². The predicted molar refractivity (Wildman–Crippen MR) is 209 cm³/mol. The minimum atomic E-state index is -1.30. The van der Waals surface area contributed by atoms with Crippen molar-refractivity contribution >= 4 is 17.8 Å². The molecule has 11 heteroatoms. The van der Waals surface area contributed by atoms with E-state index in [1.165, 1.54) is 19.8 Å². The van der Waals surface area contributed by atoms with Gasteiger partial charge in [-0.05, 0) is 125 Å². The van der Waals surface area contributed by atoms with E-state index in [9.17, 15) is 14.7 Å². The molecule has 13 atom stereocenters. The third-order valence-corrected chi connectivity index (χ3v) is 17.4. The Balaban J connectivity index is 0.934. The maximum Gasteiger partial charge on any atom is 0.410 e. The number of hydrogen-bond donors (Lipinski definition) is 1. The summed E-state index contributed by atoms with van der Waals surface area (Å²) in [7, 11) is 0. The number of nitrogens with zero attached hydrogens (tertiary/aromatic N) is 2. The Hall–Kier alpha value is -1.79. The van der Waals surface area contributed by atoms with Crippen molar-refractivity contribution in [2.24, 2.45) is 56.7 Å². The summed E-state index contributed by atoms with van der Waals surface area (Å²) in [5.41, 5.74) is -2.07. The normalized spacial score (nSPS) is 45.3. The van der Waals surface area contributed by atoms with Gasteiger partial charge in [-0.25, -0.2) is 4.79 Å². The van der Waals surface area contributed by atoms with Crippen molar-refractivity contribution in [3.05, 3.63) is 0 Å². The van der Waals surface area contributed by atoms with E-state index in [1.807, 2.05) is 20.8 Å². The van der Waals surface area contributed by atoms with Crippen LogP contribution in [0.25, 0.3) is 0 Å². The van der Waals surface area contributed by atoms with Crippen molar-refractivity contribution in [3.8, 4) is 0 Å². The van der Waals surface area contributed by atoms with Gasteiger partial charge in [0.2, 0.25) is 0 Å². The number of fused-ring (bicyclic) bond motifs is 4. The summed E-state index contributed by atoms with van der Waals surface area (Å²) in [4.78, 5) is 44.0. The molecule has 0 aromatic rings. The van der Waals surface area contributed by atoms with Gasteiger partial charge in [0.25, 0.3) is 0 Å². The summed E-state index contributed by atoms with van der Waals surface area (Å²) in [6.45, 7) is 26.9. The van der Waals surface area contributed by atoms with E-state index >= 15 is 4.79 Å². The number of ketones is 1. The van der Waals surface area contributed by atoms with Crippen LogP contribution in [0.5, 0.6) is 0 Å². The number of Topliss-reactive ketones (excluding diaryl/α,β-unsaturated/α-hetero) is 1. The molecule has 0 aromatic carbocycles. The third-order valence-electron chi connectivity index (χ3n) is 17.4. The van der Waals surface area contributed by atoms with Crippen LogP contribution in [0.4, 0.5) is 4.79 Å². The molecule has 0 radical (unpaired) electrons. The van der Waals surface area contributed by atoms with Gasteiger partial charge in [0, 0.05) is 56.9 Å². The van der Waals surface area contributed by atoms with Crippen molar-refractivity contribution in [2.45, 2.75) is 169 Å². The molecule has 5 aliphatic carbocycles. The zero-order valence-corrected chi connectivity index (χ0v) is 36.3. The number of carbonyl (C=O) groups excluding carboxylic acids is 3. The molecule has 1 unspecified atom stereocenters. The predicted octanol–water partition coefficient (Wildman–Crippen LogP) is 6.62. The Bertz CT molecular complexity index is 1580. The Kier molecular flexibility index (Phi) is 9.77. The number of carbonyl (C=O) groups is 3. The highest BCUT2D eigenvalue weighted by atomic mass is 16.7. The fourth-order valence-electron chi connectivity index (χ4n) is 14.9. The van der Waals surface area contributed by atoms with Gasteiger partial charge in [0.1, 0.15) is 11.7 Å². The van der Waals surface area contributed by atoms with E-state index in [2.05, 4.69) is 39.5 Å². The van der Waals surface area contributed by atoms with E-state index in [0.29, 0.717) is 30.8 Å². The molecule has 3 aliphatic heterocycles. The van der Waals surface area contributed by atoms with Crippen LogP contribution in [0.1, 0.15) is 128 Å². The molecule has 3 heterocycles. The fourth-order valence-corrected chi connectivity index (χ4v) is 14.9. The van der Waals surface area contributed by atoms with Crippen LogP contribution >= 0.6 is 0 Å². The smallest absolute Gasteiger partial charge is 0.410 e. The highest BCUT2D eigenvalue weighted by Crippen LogP contribution is 2.89. The average Bonchev–Trinajstić information content (AvgIpc) is 3.70. The molecule has 2 spiro atoms. The standard InChI is InChI=1S/C45H72N2O9/c1-26-20-29(37(41(8,9)51)53-27(2)48)54-35-34(26)42(10)16-17-45-25-44(45)15-14-32(40(6,7)30(44)12-13-31(45)43(42,11)36(35)49)55-33-24-46(18-19-52-33)21-28-22-47(23-28)38(50)56-39(3,4)5/h26,28-35,37,51H,12-25H2,1-11H3/t26-,29-,30+,31+,32+,33+,34+,35+,37+,42-,43-,44?,45+/m1/s1. The van der Waals surface area contributed by atoms with Gasteiger partial charge >= 0.3 is 12.1 Å². The molecule has 56 heavy (non-hydrogen) atoms. The van der Waals surface area contributed by atoms with Crippen LogP contribution in [-0.2, 0) is 33.3 Å². The molecule has 8 aliphatic rings. The zero-order valence-electron chi connectivity index (χ0n) is 36.3. The molecule has 5 saturated carbocycles. The molecule has 3 saturated heterocycles. The lowest BCUT2D eigenvalue weighted by Gasteiger charge is -2.62. The Labute approximate surface area is 335 Å². The van der Waals surface area contributed by atoms with Crippen LogP contribution in [-0.4, -0.2) is 114 Å². The van der Waals surface area contributed by atoms with E-state index in [4.69, 9.17) is 23.7 Å². The highest BCUT2D eigenvalue weighted by Gasteiger charge is 2.85. The summed E-state index contributed by atoms with van der Waals surface area (Å²) < 4.78 is 31.3. The van der Waals surface area contributed by atoms with E-state index in [0.717, 1.165) is 64.8 Å². The van der Waals surface area contributed by atoms with Crippen molar-refractivity contribution in [1.29, 1.82) is 0 Å². The number of ether oxygens (including phenoxy) is 5. The summed E-state index contributed by atoms with van der Waals surface area (Å²) in [6.07, 6.45) is 6.06. The lowest BCUT2D eigenvalue weighted by atomic mass is 9.41. The van der Waals surface area contributed by atoms with Gasteiger partial charge < -0.3 is 33.7 Å². The minimum Gasteiger partial charge on any atom is -0.457 e. The topological polar surface area (TPSA) is 124 Å². The monoisotopic (exact) mass is 785 g/mol. The first-order valence-corrected chi connectivity index (χ1v) is 22.0. The number of hydrogen-bond acceptors (Lipinski definition) is 10. The van der Waals surface area contributed by atoms with Crippen molar-refractivity contribution in [3.63, 3.8) is 0 Å². The Morgan fingerprint density at radius 2 is 1.64 bits per heavy atom. The molecule has 8 fully saturated rings. The largest absolute Gasteiger partial charge is 0.457 e. The van der Waals surface area contributed by atoms with Crippen LogP contribution in [0, 0.1) is 56.7 Å². The maximum absolute atomic E-state index is 15.1. The van der Waals surface area contributed by atoms with E-state index in [-0.39, 0.29) is 57.8 Å². The number of likely N-dealkylation sites (tertiary alicyclic amines) is 1. The average molecular weight is 785 g/mol. The summed E-state index contributed by atoms with van der Waals surface area (Å²) >= 11 is 0. The van der Waals surface area contributed by atoms with Crippen molar-refractivity contribution < 1.29 is 43.2 Å². The van der Waals surface area contributed by atoms with Gasteiger partial charge in [-0.3, -0.25) is 14.5 Å². The summed E-state index contributed by atoms with van der Waals surface area (Å²) in [5, 5.41) is 11.1. The van der Waals surface area contributed by atoms with Crippen molar-refractivity contribution in [1.82, 2.24) is 9.80 Å². The van der Waals surface area contributed by atoms with Gasteiger partial charge in [0.15, 0.2) is 18.2 Å². The second-order valence-corrected chi connectivity index (χ2v) is 22.5. The summed E-state index contributed by atoms with van der Waals surface area (Å²) in [6, 6.07) is 0. The minimum absolute atomic E-state index is 0.0246. The molecule has 1 amide bonds. The first-order valence-electron chi connectivity index (χ1n) is 22.0. The SMILES string of the molecule is CC(=O)O[C@@H]([C@H]1C[C@@H](C)[C@H]2[C@H](O1)C(=O)[C@@]1(C)[C@@H]3CC[C@H]4C(C)(C)[C@@H](O[C@H]5CN(CC6CN(C(=O)OC(C)(C)C)C6)CCO5)CCC45C[C@@]35CC[C@]21C)C(C)(C)O. The first kappa shape index (κ1) is 41.0. The molecule has 1 N–H and O–H groups in total. The second-order valence-electron chi connectivity index (χ2n) is 22.5. The van der Waals surface area contributed by atoms with Crippen LogP contribution in [0.2, 0.25) is 0 Å². The molecule has 11 nitrogen and oxygen atoms in total. The fraction of sp³-hybridized carbons (Fsp3) is 0.933. The van der Waals surface area contributed by atoms with Gasteiger partial charge in [-0.2, -0.15) is 0 Å². The molecular formula is C45H72N2O9. The molecule has 0 bridgehead atoms. The quantitative estimate of drug-likeness (QED) is 0.282. The highest BCUT2D eigenvalue weighted by molar-refractivity contribution is 5.93. The number of rotatable bonds is 7. The first-order chi connectivity index (χ1) is 26.0. The lowest BCUT2D eigenvalue weighted by Crippen LogP contribution is -2.60. The Morgan fingerprint density at radius 3 is 2.30 bits per heavy atom. The zero-order chi connectivity index (χ0) is 40.6. The third kappa shape index (κ3) is 6.15. The van der Waals surface area contributed by atoms with Crippen molar-refractivity contribution in [2.75, 3.05) is 39.3 Å². The van der Waals surface area contributed by atoms with Crippen LogP contribution < -0.4 is 0 Å². The molecule has 8 rings (SSSR count). The number of morpholine rings is 1. The number of esters is 1.